The Labute approximate surface area is 200 Å². The van der Waals surface area contributed by atoms with Gasteiger partial charge in [-0.15, -0.1) is 0 Å². The number of unbranched alkanes of at least 4 members (excludes halogenated alkanes) is 1. The van der Waals surface area contributed by atoms with Gasteiger partial charge in [0, 0.05) is 25.3 Å². The molecule has 0 bridgehead atoms. The number of aryl methyl sites for hydroxylation is 1. The van der Waals surface area contributed by atoms with Gasteiger partial charge in [-0.1, -0.05) is 20.3 Å². The van der Waals surface area contributed by atoms with E-state index in [4.69, 9.17) is 14.6 Å². The van der Waals surface area contributed by atoms with Crippen molar-refractivity contribution in [1.29, 1.82) is 0 Å². The number of nitrogens with zero attached hydrogens (tertiary/aromatic N) is 2. The largest absolute Gasteiger partial charge is 0.462 e. The third-order valence-corrected chi connectivity index (χ3v) is 6.91. The van der Waals surface area contributed by atoms with E-state index >= 15 is 0 Å². The number of amides is 1. The molecule has 1 fully saturated rings. The number of hydrogen-bond donors (Lipinski definition) is 1. The Morgan fingerprint density at radius 2 is 2.00 bits per heavy atom. The van der Waals surface area contributed by atoms with E-state index in [1.165, 1.54) is 6.92 Å². The van der Waals surface area contributed by atoms with E-state index in [1.807, 2.05) is 13.8 Å². The number of hydrogen-bond acceptors (Lipinski definition) is 6. The lowest BCUT2D eigenvalue weighted by molar-refractivity contribution is 0.0155. The highest BCUT2D eigenvalue weighted by atomic mass is 16.5. The van der Waals surface area contributed by atoms with Gasteiger partial charge < -0.3 is 14.8 Å². The smallest absolute Gasteiger partial charge is 0.338 e. The van der Waals surface area contributed by atoms with Crippen molar-refractivity contribution < 1.29 is 23.9 Å². The van der Waals surface area contributed by atoms with Gasteiger partial charge in [0.2, 0.25) is 0 Å². The lowest BCUT2D eigenvalue weighted by Gasteiger charge is -2.36. The Hall–Kier alpha value is -3.00. The van der Waals surface area contributed by atoms with Crippen LogP contribution < -0.4 is 5.32 Å². The van der Waals surface area contributed by atoms with E-state index in [-0.39, 0.29) is 17.1 Å². The topological polar surface area (TPSA) is 99.5 Å². The van der Waals surface area contributed by atoms with Gasteiger partial charge in [-0.3, -0.25) is 9.59 Å². The number of nitrogens with one attached hydrogen (secondary N) is 1. The number of fused-ring (bicyclic) bond motifs is 1. The molecule has 0 unspecified atom stereocenters. The molecule has 8 heteroatoms. The molecule has 3 heterocycles. The summed E-state index contributed by atoms with van der Waals surface area (Å²) in [5, 5.41) is 7.90. The molecule has 1 aromatic heterocycles. The van der Waals surface area contributed by atoms with Crippen LogP contribution in [0.3, 0.4) is 0 Å². The van der Waals surface area contributed by atoms with Crippen molar-refractivity contribution in [2.45, 2.75) is 59.3 Å². The normalized spacial score (nSPS) is 17.1. The van der Waals surface area contributed by atoms with Crippen molar-refractivity contribution in [1.82, 2.24) is 15.1 Å². The predicted molar refractivity (Wildman–Crippen MR) is 127 cm³/mol. The van der Waals surface area contributed by atoms with E-state index < -0.39 is 5.97 Å². The Balaban J connectivity index is 1.79. The molecule has 1 amide bonds. The summed E-state index contributed by atoms with van der Waals surface area (Å²) >= 11 is 0. The summed E-state index contributed by atoms with van der Waals surface area (Å²) in [5.41, 5.74) is 3.29. The highest BCUT2D eigenvalue weighted by molar-refractivity contribution is 6.01. The number of ether oxygens (including phenoxy) is 2. The molecule has 8 nitrogen and oxygen atoms in total. The molecular formula is C26H33N3O5. The van der Waals surface area contributed by atoms with Gasteiger partial charge in [0.1, 0.15) is 0 Å². The number of carbonyl (C=O) groups excluding carboxylic acids is 3. The second-order valence-corrected chi connectivity index (χ2v) is 9.28. The van der Waals surface area contributed by atoms with Crippen LogP contribution in [-0.4, -0.2) is 53.8 Å². The number of esters is 1. The second-order valence-electron chi connectivity index (χ2n) is 9.28. The number of benzene rings is 1. The van der Waals surface area contributed by atoms with Crippen LogP contribution in [-0.2, 0) is 22.3 Å². The standard InChI is InChI=1S/C26H33N3O5/c1-4-6-11-34-25(32)18-7-8-21(19(14-18)17(3)30)29-22-15-26(9-12-33-13-10-26)16-27-24(31)23(22)20(5-2)28-29/h7-8,14H,4-6,9-13,15-16H2,1-3H3,(H,27,31). The van der Waals surface area contributed by atoms with Crippen LogP contribution in [0.15, 0.2) is 18.2 Å². The van der Waals surface area contributed by atoms with Gasteiger partial charge in [0.15, 0.2) is 5.78 Å². The zero-order chi connectivity index (χ0) is 24.3. The number of carbonyl (C=O) groups is 3. The minimum atomic E-state index is -0.448. The highest BCUT2D eigenvalue weighted by Crippen LogP contribution is 2.38. The molecule has 1 spiro atoms. The monoisotopic (exact) mass is 467 g/mol. The van der Waals surface area contributed by atoms with Gasteiger partial charge in [-0.25, -0.2) is 9.48 Å². The third kappa shape index (κ3) is 4.64. The fourth-order valence-corrected chi connectivity index (χ4v) is 4.83. The van der Waals surface area contributed by atoms with Crippen LogP contribution in [0, 0.1) is 5.41 Å². The molecule has 1 aromatic carbocycles. The fourth-order valence-electron chi connectivity index (χ4n) is 4.83. The van der Waals surface area contributed by atoms with Crippen LogP contribution in [0.5, 0.6) is 0 Å². The molecule has 0 atom stereocenters. The fraction of sp³-hybridized carbons (Fsp3) is 0.538. The molecular weight excluding hydrogens is 434 g/mol. The first-order valence-corrected chi connectivity index (χ1v) is 12.2. The number of aromatic nitrogens is 2. The van der Waals surface area contributed by atoms with E-state index in [1.54, 1.807) is 22.9 Å². The SMILES string of the molecule is CCCCOC(=O)c1ccc(-n2nc(CC)c3c2CC2(CCOCC2)CNC3=O)c(C(C)=O)c1. The van der Waals surface area contributed by atoms with Crippen LogP contribution in [0.4, 0.5) is 0 Å². The van der Waals surface area contributed by atoms with Crippen molar-refractivity contribution in [3.8, 4) is 5.69 Å². The van der Waals surface area contributed by atoms with Gasteiger partial charge in [0.05, 0.1) is 34.8 Å². The summed E-state index contributed by atoms with van der Waals surface area (Å²) in [6.07, 6.45) is 4.67. The van der Waals surface area contributed by atoms with Gasteiger partial charge in [-0.2, -0.15) is 5.10 Å². The molecule has 1 N–H and O–H groups in total. The second kappa shape index (κ2) is 10.1. The summed E-state index contributed by atoms with van der Waals surface area (Å²) in [7, 11) is 0. The molecule has 1 saturated heterocycles. The van der Waals surface area contributed by atoms with Crippen molar-refractivity contribution in [3.63, 3.8) is 0 Å². The lowest BCUT2D eigenvalue weighted by Crippen LogP contribution is -2.40. The molecule has 34 heavy (non-hydrogen) atoms. The third-order valence-electron chi connectivity index (χ3n) is 6.91. The van der Waals surface area contributed by atoms with Gasteiger partial charge >= 0.3 is 5.97 Å². The van der Waals surface area contributed by atoms with Crippen LogP contribution in [0.2, 0.25) is 0 Å². The Morgan fingerprint density at radius 3 is 2.68 bits per heavy atom. The zero-order valence-electron chi connectivity index (χ0n) is 20.2. The quantitative estimate of drug-likeness (QED) is 0.379. The molecule has 182 valence electrons. The number of Topliss-reactive ketones (excluding diaryl/α,β-unsaturated/α-hetero) is 1. The van der Waals surface area contributed by atoms with Crippen LogP contribution in [0.1, 0.15) is 88.9 Å². The van der Waals surface area contributed by atoms with E-state index in [0.717, 1.165) is 31.4 Å². The molecule has 0 saturated carbocycles. The number of rotatable bonds is 7. The summed E-state index contributed by atoms with van der Waals surface area (Å²) in [6, 6.07) is 4.97. The summed E-state index contributed by atoms with van der Waals surface area (Å²) < 4.78 is 12.7. The summed E-state index contributed by atoms with van der Waals surface area (Å²) in [5.74, 6) is -0.752. The average molecular weight is 468 g/mol. The first kappa shape index (κ1) is 24.1. The summed E-state index contributed by atoms with van der Waals surface area (Å²) in [4.78, 5) is 38.3. The average Bonchev–Trinajstić information content (AvgIpc) is 3.14. The first-order chi connectivity index (χ1) is 16.4. The molecule has 2 aliphatic heterocycles. The first-order valence-electron chi connectivity index (χ1n) is 12.2. The predicted octanol–water partition coefficient (Wildman–Crippen LogP) is 3.68. The van der Waals surface area contributed by atoms with Crippen molar-refractivity contribution in [3.05, 3.63) is 46.3 Å². The van der Waals surface area contributed by atoms with Crippen LogP contribution in [0.25, 0.3) is 5.69 Å². The number of ketones is 1. The maximum absolute atomic E-state index is 13.1. The van der Waals surface area contributed by atoms with Crippen molar-refractivity contribution in [2.24, 2.45) is 5.41 Å². The van der Waals surface area contributed by atoms with E-state index in [2.05, 4.69) is 5.32 Å². The highest BCUT2D eigenvalue weighted by Gasteiger charge is 2.40. The van der Waals surface area contributed by atoms with E-state index in [9.17, 15) is 14.4 Å². The Bertz CT molecular complexity index is 1100. The molecule has 4 rings (SSSR count). The zero-order valence-corrected chi connectivity index (χ0v) is 20.2. The van der Waals surface area contributed by atoms with Crippen LogP contribution >= 0.6 is 0 Å². The lowest BCUT2D eigenvalue weighted by atomic mass is 9.76. The Morgan fingerprint density at radius 1 is 1.24 bits per heavy atom. The molecule has 0 aliphatic carbocycles. The maximum Gasteiger partial charge on any atom is 0.338 e. The van der Waals surface area contributed by atoms with Gasteiger partial charge in [-0.05, 0) is 62.6 Å². The molecule has 2 aromatic rings. The van der Waals surface area contributed by atoms with E-state index in [0.29, 0.717) is 67.3 Å². The minimum Gasteiger partial charge on any atom is -0.462 e. The minimum absolute atomic E-state index is 0.110. The Kier molecular flexibility index (Phi) is 7.16. The van der Waals surface area contributed by atoms with Crippen molar-refractivity contribution >= 4 is 17.7 Å². The van der Waals surface area contributed by atoms with Gasteiger partial charge in [0.25, 0.3) is 5.91 Å². The molecule has 0 radical (unpaired) electrons. The maximum atomic E-state index is 13.1. The van der Waals surface area contributed by atoms with Crippen molar-refractivity contribution in [2.75, 3.05) is 26.4 Å². The summed E-state index contributed by atoms with van der Waals surface area (Å²) in [6.45, 7) is 7.73. The molecule has 2 aliphatic rings.